The Balaban J connectivity index is 2.63. The van der Waals surface area contributed by atoms with Crippen molar-refractivity contribution in [2.24, 2.45) is 0 Å². The molecule has 0 saturated carbocycles. The number of hydrogen-bond acceptors (Lipinski definition) is 3. The van der Waals surface area contributed by atoms with E-state index in [2.05, 4.69) is 5.32 Å². The van der Waals surface area contributed by atoms with Crippen LogP contribution in [0.3, 0.4) is 0 Å². The van der Waals surface area contributed by atoms with E-state index >= 15 is 0 Å². The highest BCUT2D eigenvalue weighted by atomic mass is 35.5. The molecule has 1 atom stereocenters. The van der Waals surface area contributed by atoms with Crippen molar-refractivity contribution in [1.82, 2.24) is 5.32 Å². The first-order chi connectivity index (χ1) is 8.17. The second-order valence-corrected chi connectivity index (χ2v) is 4.08. The van der Waals surface area contributed by atoms with Gasteiger partial charge in [0.15, 0.2) is 0 Å². The monoisotopic (exact) mass is 257 g/mol. The summed E-state index contributed by atoms with van der Waals surface area (Å²) < 4.78 is 4.97. The summed E-state index contributed by atoms with van der Waals surface area (Å²) in [6, 6.07) is 6.51. The van der Waals surface area contributed by atoms with E-state index in [1.54, 1.807) is 31.4 Å². The van der Waals surface area contributed by atoms with Gasteiger partial charge in [-0.25, -0.2) is 0 Å². The number of methoxy groups -OCH3 is 1. The molecule has 0 bridgehead atoms. The first-order valence-electron chi connectivity index (χ1n) is 5.33. The summed E-state index contributed by atoms with van der Waals surface area (Å²) in [5.41, 5.74) is 0.497. The van der Waals surface area contributed by atoms with Crippen LogP contribution in [-0.2, 0) is 4.74 Å². The number of carbonyl (C=O) groups is 1. The van der Waals surface area contributed by atoms with Crippen molar-refractivity contribution in [2.45, 2.75) is 12.5 Å². The van der Waals surface area contributed by atoms with Gasteiger partial charge in [0.1, 0.15) is 0 Å². The van der Waals surface area contributed by atoms with Crippen molar-refractivity contribution in [3.8, 4) is 0 Å². The molecule has 0 aliphatic heterocycles. The quantitative estimate of drug-likeness (QED) is 0.811. The topological polar surface area (TPSA) is 58.6 Å². The van der Waals surface area contributed by atoms with Crippen molar-refractivity contribution in [3.63, 3.8) is 0 Å². The molecule has 0 radical (unpaired) electrons. The molecule has 0 spiro atoms. The van der Waals surface area contributed by atoms with Gasteiger partial charge in [0.2, 0.25) is 0 Å². The summed E-state index contributed by atoms with van der Waals surface area (Å²) >= 11 is 5.80. The number of hydrogen-bond donors (Lipinski definition) is 2. The molecule has 1 amide bonds. The SMILES string of the molecule is COCC(CCO)NC(=O)c1cccc(Cl)c1. The number of nitrogens with one attached hydrogen (secondary N) is 1. The van der Waals surface area contributed by atoms with Crippen LogP contribution in [0.15, 0.2) is 24.3 Å². The summed E-state index contributed by atoms with van der Waals surface area (Å²) in [5, 5.41) is 12.2. The van der Waals surface area contributed by atoms with Crippen LogP contribution >= 0.6 is 11.6 Å². The molecule has 1 unspecified atom stereocenters. The van der Waals surface area contributed by atoms with Crippen LogP contribution in [0.5, 0.6) is 0 Å². The Kier molecular flexibility index (Phi) is 5.97. The summed E-state index contributed by atoms with van der Waals surface area (Å²) in [5.74, 6) is -0.219. The fraction of sp³-hybridized carbons (Fsp3) is 0.417. The summed E-state index contributed by atoms with van der Waals surface area (Å²) in [6.07, 6.45) is 0.458. The van der Waals surface area contributed by atoms with E-state index in [0.717, 1.165) is 0 Å². The van der Waals surface area contributed by atoms with Crippen molar-refractivity contribution in [2.75, 3.05) is 20.3 Å². The lowest BCUT2D eigenvalue weighted by atomic mass is 10.1. The number of aliphatic hydroxyl groups is 1. The Bertz CT molecular complexity index is 365. The van der Waals surface area contributed by atoms with Crippen molar-refractivity contribution < 1.29 is 14.6 Å². The van der Waals surface area contributed by atoms with Crippen LogP contribution in [-0.4, -0.2) is 37.4 Å². The maximum Gasteiger partial charge on any atom is 0.251 e. The minimum Gasteiger partial charge on any atom is -0.396 e. The first kappa shape index (κ1) is 14.0. The Labute approximate surface area is 106 Å². The van der Waals surface area contributed by atoms with E-state index in [0.29, 0.717) is 23.6 Å². The van der Waals surface area contributed by atoms with Crippen molar-refractivity contribution in [3.05, 3.63) is 34.9 Å². The van der Waals surface area contributed by atoms with Gasteiger partial charge in [0.05, 0.1) is 12.6 Å². The number of ether oxygens (including phenoxy) is 1. The van der Waals surface area contributed by atoms with E-state index in [1.807, 2.05) is 0 Å². The molecule has 4 nitrogen and oxygen atoms in total. The Hall–Kier alpha value is -1.10. The number of benzene rings is 1. The second kappa shape index (κ2) is 7.27. The molecule has 0 heterocycles. The van der Waals surface area contributed by atoms with Crippen molar-refractivity contribution in [1.29, 1.82) is 0 Å². The van der Waals surface area contributed by atoms with Gasteiger partial charge in [-0.3, -0.25) is 4.79 Å². The largest absolute Gasteiger partial charge is 0.396 e. The molecule has 0 fully saturated rings. The summed E-state index contributed by atoms with van der Waals surface area (Å²) in [6.45, 7) is 0.372. The van der Waals surface area contributed by atoms with Crippen LogP contribution in [0.2, 0.25) is 5.02 Å². The molecule has 2 N–H and O–H groups in total. The lowest BCUT2D eigenvalue weighted by molar-refractivity contribution is 0.0878. The van der Waals surface area contributed by atoms with E-state index in [-0.39, 0.29) is 18.6 Å². The maximum atomic E-state index is 11.9. The predicted octanol–water partition coefficient (Wildman–Crippen LogP) is 1.47. The van der Waals surface area contributed by atoms with Crippen LogP contribution in [0.4, 0.5) is 0 Å². The Morgan fingerprint density at radius 3 is 2.94 bits per heavy atom. The fourth-order valence-corrected chi connectivity index (χ4v) is 1.64. The zero-order valence-corrected chi connectivity index (χ0v) is 10.4. The number of halogens is 1. The zero-order chi connectivity index (χ0) is 12.7. The Morgan fingerprint density at radius 2 is 2.35 bits per heavy atom. The van der Waals surface area contributed by atoms with Gasteiger partial charge in [-0.15, -0.1) is 0 Å². The molecular formula is C12H16ClNO3. The molecule has 5 heteroatoms. The highest BCUT2D eigenvalue weighted by molar-refractivity contribution is 6.30. The van der Waals surface area contributed by atoms with Gasteiger partial charge >= 0.3 is 0 Å². The number of carbonyl (C=O) groups excluding carboxylic acids is 1. The smallest absolute Gasteiger partial charge is 0.251 e. The molecule has 94 valence electrons. The lowest BCUT2D eigenvalue weighted by Crippen LogP contribution is -2.38. The molecule has 0 aliphatic carbocycles. The normalized spacial score (nSPS) is 12.2. The molecular weight excluding hydrogens is 242 g/mol. The van der Waals surface area contributed by atoms with Gasteiger partial charge in [-0.1, -0.05) is 17.7 Å². The van der Waals surface area contributed by atoms with Crippen LogP contribution in [0.1, 0.15) is 16.8 Å². The van der Waals surface area contributed by atoms with Gasteiger partial charge in [0.25, 0.3) is 5.91 Å². The van der Waals surface area contributed by atoms with Crippen LogP contribution < -0.4 is 5.32 Å². The number of amides is 1. The Morgan fingerprint density at radius 1 is 1.59 bits per heavy atom. The second-order valence-electron chi connectivity index (χ2n) is 3.65. The third kappa shape index (κ3) is 4.73. The van der Waals surface area contributed by atoms with Crippen LogP contribution in [0, 0.1) is 0 Å². The summed E-state index contributed by atoms with van der Waals surface area (Å²) in [7, 11) is 1.55. The van der Waals surface area contributed by atoms with Gasteiger partial charge in [-0.05, 0) is 24.6 Å². The minimum atomic E-state index is -0.219. The highest BCUT2D eigenvalue weighted by Gasteiger charge is 2.13. The predicted molar refractivity (Wildman–Crippen MR) is 66.3 cm³/mol. The van der Waals surface area contributed by atoms with Gasteiger partial charge in [0, 0.05) is 24.3 Å². The van der Waals surface area contributed by atoms with E-state index in [1.165, 1.54) is 0 Å². The molecule has 0 saturated heterocycles. The zero-order valence-electron chi connectivity index (χ0n) is 9.65. The van der Waals surface area contributed by atoms with Gasteiger partial charge in [-0.2, -0.15) is 0 Å². The number of aliphatic hydroxyl groups excluding tert-OH is 1. The average Bonchev–Trinajstić information content (AvgIpc) is 2.29. The standard InChI is InChI=1S/C12H16ClNO3/c1-17-8-11(5-6-15)14-12(16)9-3-2-4-10(13)7-9/h2-4,7,11,15H,5-6,8H2,1H3,(H,14,16). The molecule has 1 aromatic rings. The number of rotatable bonds is 6. The summed E-state index contributed by atoms with van der Waals surface area (Å²) in [4.78, 5) is 11.9. The first-order valence-corrected chi connectivity index (χ1v) is 5.71. The van der Waals surface area contributed by atoms with E-state index in [9.17, 15) is 4.79 Å². The third-order valence-corrected chi connectivity index (χ3v) is 2.50. The maximum absolute atomic E-state index is 11.9. The fourth-order valence-electron chi connectivity index (χ4n) is 1.45. The van der Waals surface area contributed by atoms with E-state index in [4.69, 9.17) is 21.4 Å². The van der Waals surface area contributed by atoms with Crippen LogP contribution in [0.25, 0.3) is 0 Å². The minimum absolute atomic E-state index is 0.00382. The third-order valence-electron chi connectivity index (χ3n) is 2.27. The average molecular weight is 258 g/mol. The van der Waals surface area contributed by atoms with Crippen molar-refractivity contribution >= 4 is 17.5 Å². The molecule has 0 aromatic heterocycles. The molecule has 17 heavy (non-hydrogen) atoms. The molecule has 1 aromatic carbocycles. The highest BCUT2D eigenvalue weighted by Crippen LogP contribution is 2.10. The van der Waals surface area contributed by atoms with Gasteiger partial charge < -0.3 is 15.2 Å². The van der Waals surface area contributed by atoms with E-state index < -0.39 is 0 Å². The molecule has 0 aliphatic rings. The molecule has 1 rings (SSSR count). The lowest BCUT2D eigenvalue weighted by Gasteiger charge is -2.16.